The van der Waals surface area contributed by atoms with E-state index in [-0.39, 0.29) is 50.4 Å². The third-order valence-corrected chi connectivity index (χ3v) is 9.49. The summed E-state index contributed by atoms with van der Waals surface area (Å²) in [4.78, 5) is 37.8. The van der Waals surface area contributed by atoms with Gasteiger partial charge >= 0.3 is 17.9 Å². The van der Waals surface area contributed by atoms with E-state index in [0.717, 1.165) is 89.9 Å². The molecule has 0 aromatic carbocycles. The number of rotatable bonds is 41. The number of carbonyl (C=O) groups excluding carboxylic acids is 3. The maximum absolute atomic E-state index is 12.8. The van der Waals surface area contributed by atoms with Crippen LogP contribution in [0.5, 0.6) is 0 Å². The molecule has 0 N–H and O–H groups in total. The van der Waals surface area contributed by atoms with Crippen LogP contribution in [0.2, 0.25) is 0 Å². The normalized spacial score (nSPS) is 13.3. The zero-order chi connectivity index (χ0) is 45.1. The monoisotopic (exact) mass is 855 g/mol. The van der Waals surface area contributed by atoms with E-state index in [1.165, 1.54) is 38.5 Å². The summed E-state index contributed by atoms with van der Waals surface area (Å²) in [7, 11) is 0. The maximum Gasteiger partial charge on any atom is 0.306 e. The molecule has 0 saturated heterocycles. The quantitative estimate of drug-likeness (QED) is 0.0200. The SMILES string of the molecule is CC\C=C/C=C\C=C/C=C\CCCCCCCC(=O)OC(COC(=O)CC/C=C\C/C=C\C/C=C\C/C=C\C/C=C\CC)COC(=O)CC/C=C\C/C=C\CCCCCCCC. The van der Waals surface area contributed by atoms with Crippen molar-refractivity contribution in [1.29, 1.82) is 0 Å². The van der Waals surface area contributed by atoms with E-state index < -0.39 is 6.10 Å². The molecule has 0 aliphatic rings. The van der Waals surface area contributed by atoms with Crippen LogP contribution in [0.4, 0.5) is 0 Å². The molecule has 1 unspecified atom stereocenters. The summed E-state index contributed by atoms with van der Waals surface area (Å²) in [6.07, 6.45) is 68.8. The zero-order valence-corrected chi connectivity index (χ0v) is 39.3. The molecule has 62 heavy (non-hydrogen) atoms. The van der Waals surface area contributed by atoms with Crippen LogP contribution in [0.15, 0.2) is 134 Å². The van der Waals surface area contributed by atoms with Gasteiger partial charge in [-0.15, -0.1) is 0 Å². The van der Waals surface area contributed by atoms with E-state index in [1.54, 1.807) is 0 Å². The van der Waals surface area contributed by atoms with Gasteiger partial charge in [-0.1, -0.05) is 206 Å². The smallest absolute Gasteiger partial charge is 0.306 e. The third-order valence-electron chi connectivity index (χ3n) is 9.49. The van der Waals surface area contributed by atoms with Crippen molar-refractivity contribution < 1.29 is 28.6 Å². The highest BCUT2D eigenvalue weighted by Gasteiger charge is 2.19. The van der Waals surface area contributed by atoms with Crippen molar-refractivity contribution >= 4 is 17.9 Å². The second kappa shape index (κ2) is 49.2. The van der Waals surface area contributed by atoms with Gasteiger partial charge in [0.15, 0.2) is 6.10 Å². The molecule has 0 aliphatic heterocycles. The summed E-state index contributed by atoms with van der Waals surface area (Å²) in [5, 5.41) is 0. The second-order valence-electron chi connectivity index (χ2n) is 15.3. The van der Waals surface area contributed by atoms with Gasteiger partial charge in [-0.25, -0.2) is 0 Å². The molecule has 346 valence electrons. The summed E-state index contributed by atoms with van der Waals surface area (Å²) in [5.74, 6) is -1.13. The van der Waals surface area contributed by atoms with Crippen LogP contribution >= 0.6 is 0 Å². The number of allylic oxidation sites excluding steroid dienone is 22. The minimum absolute atomic E-state index is 0.146. The fourth-order valence-corrected chi connectivity index (χ4v) is 5.91. The Kier molecular flexibility index (Phi) is 45.7. The van der Waals surface area contributed by atoms with Crippen molar-refractivity contribution in [3.05, 3.63) is 134 Å². The Morgan fingerprint density at radius 3 is 1.24 bits per heavy atom. The van der Waals surface area contributed by atoms with Crippen LogP contribution in [0.3, 0.4) is 0 Å². The summed E-state index contributed by atoms with van der Waals surface area (Å²) < 4.78 is 16.6. The first-order chi connectivity index (χ1) is 30.5. The molecule has 0 bridgehead atoms. The van der Waals surface area contributed by atoms with Gasteiger partial charge < -0.3 is 14.2 Å². The van der Waals surface area contributed by atoms with Gasteiger partial charge in [-0.2, -0.15) is 0 Å². The molecule has 6 heteroatoms. The molecule has 0 aromatic rings. The molecule has 0 spiro atoms. The summed E-state index contributed by atoms with van der Waals surface area (Å²) in [6, 6.07) is 0. The topological polar surface area (TPSA) is 78.9 Å². The lowest BCUT2D eigenvalue weighted by molar-refractivity contribution is -0.166. The average Bonchev–Trinajstić information content (AvgIpc) is 3.27. The van der Waals surface area contributed by atoms with E-state index in [9.17, 15) is 14.4 Å². The number of esters is 3. The molecular formula is C56H86O6. The fraction of sp³-hybridized carbons (Fsp3) is 0.554. The predicted octanol–water partition coefficient (Wildman–Crippen LogP) is 15.9. The van der Waals surface area contributed by atoms with Crippen molar-refractivity contribution in [2.75, 3.05) is 13.2 Å². The number of unbranched alkanes of at least 4 members (excludes halogenated alkanes) is 11. The molecular weight excluding hydrogens is 769 g/mol. The minimum Gasteiger partial charge on any atom is -0.462 e. The minimum atomic E-state index is -0.847. The number of hydrogen-bond acceptors (Lipinski definition) is 6. The van der Waals surface area contributed by atoms with Crippen LogP contribution in [-0.4, -0.2) is 37.2 Å². The lowest BCUT2D eigenvalue weighted by Gasteiger charge is -2.18. The van der Waals surface area contributed by atoms with E-state index in [1.807, 2.05) is 42.5 Å². The van der Waals surface area contributed by atoms with E-state index in [2.05, 4.69) is 112 Å². The van der Waals surface area contributed by atoms with Crippen LogP contribution in [0, 0.1) is 0 Å². The zero-order valence-electron chi connectivity index (χ0n) is 39.3. The molecule has 0 aromatic heterocycles. The van der Waals surface area contributed by atoms with Gasteiger partial charge in [-0.3, -0.25) is 14.4 Å². The van der Waals surface area contributed by atoms with Gasteiger partial charge in [0.25, 0.3) is 0 Å². The van der Waals surface area contributed by atoms with Crippen molar-refractivity contribution in [2.45, 2.75) is 187 Å². The Morgan fingerprint density at radius 2 is 0.742 bits per heavy atom. The highest BCUT2D eigenvalue weighted by Crippen LogP contribution is 2.11. The Bertz CT molecular complexity index is 1400. The van der Waals surface area contributed by atoms with Crippen molar-refractivity contribution in [2.24, 2.45) is 0 Å². The molecule has 0 saturated carbocycles. The maximum atomic E-state index is 12.8. The first-order valence-electron chi connectivity index (χ1n) is 24.2. The van der Waals surface area contributed by atoms with Gasteiger partial charge in [0.05, 0.1) is 0 Å². The largest absolute Gasteiger partial charge is 0.462 e. The van der Waals surface area contributed by atoms with Crippen LogP contribution in [0.25, 0.3) is 0 Å². The highest BCUT2D eigenvalue weighted by molar-refractivity contribution is 5.71. The third kappa shape index (κ3) is 46.6. The van der Waals surface area contributed by atoms with Gasteiger partial charge in [-0.05, 0) is 89.9 Å². The van der Waals surface area contributed by atoms with Crippen molar-refractivity contribution in [1.82, 2.24) is 0 Å². The Balaban J connectivity index is 4.64. The van der Waals surface area contributed by atoms with Crippen LogP contribution in [-0.2, 0) is 28.6 Å². The Hall–Kier alpha value is -4.45. The molecule has 0 fully saturated rings. The van der Waals surface area contributed by atoms with E-state index in [4.69, 9.17) is 14.2 Å². The standard InChI is InChI=1S/C56H86O6/c1-4-7-10-13-16-19-22-25-27-29-31-34-37-40-43-46-49-55(58)61-52-53(51-60-54(57)48-45-42-39-36-33-30-24-21-18-15-12-9-6-3)62-56(59)50-47-44-41-38-35-32-28-26-23-20-17-14-11-8-5-2/h7-8,10-11,14,16-17,19-20,23,25-28,30-31,33-34,39-40,42-43,53H,4-6,9,12-13,15,18,21-22,24,29,32,35-38,41,44-52H2,1-3H3/b10-7-,11-8-,17-14-,19-16-,23-20-,27-25-,28-26-,33-30-,34-31-,42-39-,43-40-. The Morgan fingerprint density at radius 1 is 0.355 bits per heavy atom. The molecule has 0 rings (SSSR count). The first-order valence-corrected chi connectivity index (χ1v) is 24.2. The number of hydrogen-bond donors (Lipinski definition) is 0. The summed E-state index contributed by atoms with van der Waals surface area (Å²) in [6.45, 7) is 6.20. The van der Waals surface area contributed by atoms with Gasteiger partial charge in [0.1, 0.15) is 13.2 Å². The number of carbonyl (C=O) groups is 3. The first kappa shape index (κ1) is 57.5. The second-order valence-corrected chi connectivity index (χ2v) is 15.3. The molecule has 0 amide bonds. The van der Waals surface area contributed by atoms with E-state index >= 15 is 0 Å². The molecule has 1 atom stereocenters. The summed E-state index contributed by atoms with van der Waals surface area (Å²) >= 11 is 0. The Labute approximate surface area is 379 Å². The van der Waals surface area contributed by atoms with Crippen LogP contribution < -0.4 is 0 Å². The molecule has 0 aliphatic carbocycles. The predicted molar refractivity (Wildman–Crippen MR) is 265 cm³/mol. The fourth-order valence-electron chi connectivity index (χ4n) is 5.91. The van der Waals surface area contributed by atoms with Gasteiger partial charge in [0, 0.05) is 19.3 Å². The lowest BCUT2D eigenvalue weighted by atomic mass is 10.1. The van der Waals surface area contributed by atoms with Gasteiger partial charge in [0.2, 0.25) is 0 Å². The lowest BCUT2D eigenvalue weighted by Crippen LogP contribution is -2.30. The molecule has 6 nitrogen and oxygen atoms in total. The summed E-state index contributed by atoms with van der Waals surface area (Å²) in [5.41, 5.74) is 0. The molecule has 0 heterocycles. The average molecular weight is 855 g/mol. The van der Waals surface area contributed by atoms with E-state index in [0.29, 0.717) is 12.8 Å². The number of ether oxygens (including phenoxy) is 3. The van der Waals surface area contributed by atoms with Crippen molar-refractivity contribution in [3.63, 3.8) is 0 Å². The highest BCUT2D eigenvalue weighted by atomic mass is 16.6. The van der Waals surface area contributed by atoms with Crippen LogP contribution in [0.1, 0.15) is 181 Å². The van der Waals surface area contributed by atoms with Crippen molar-refractivity contribution in [3.8, 4) is 0 Å². The molecule has 0 radical (unpaired) electrons.